The summed E-state index contributed by atoms with van der Waals surface area (Å²) < 4.78 is 0. The van der Waals surface area contributed by atoms with Gasteiger partial charge in [-0.1, -0.05) is 77.8 Å². The van der Waals surface area contributed by atoms with Crippen LogP contribution in [-0.2, 0) is 30.4 Å². The number of phenolic OH excluding ortho intramolecular Hbond substituents is 2. The Morgan fingerprint density at radius 2 is 1.52 bits per heavy atom. The molecule has 2 aromatic carbocycles. The Labute approximate surface area is 297 Å². The molecule has 274 valence electrons. The van der Waals surface area contributed by atoms with Crippen molar-refractivity contribution >= 4 is 29.2 Å². The van der Waals surface area contributed by atoms with Crippen molar-refractivity contribution in [3.8, 4) is 22.6 Å². The summed E-state index contributed by atoms with van der Waals surface area (Å²) in [6.07, 6.45) is 9.73. The number of ketones is 3. The predicted molar refractivity (Wildman–Crippen MR) is 195 cm³/mol. The highest BCUT2D eigenvalue weighted by Crippen LogP contribution is 2.39. The molecule has 0 saturated carbocycles. The second kappa shape index (κ2) is 20.0. The molecule has 1 aliphatic heterocycles. The number of carbonyl (C=O) groups excluding carboxylic acids is 5. The van der Waals surface area contributed by atoms with E-state index in [9.17, 15) is 34.2 Å². The van der Waals surface area contributed by atoms with Crippen LogP contribution in [0.25, 0.3) is 11.1 Å². The Morgan fingerprint density at radius 1 is 0.900 bits per heavy atom. The van der Waals surface area contributed by atoms with E-state index < -0.39 is 29.8 Å². The number of carbonyl (C=O) groups is 5. The minimum absolute atomic E-state index is 0.0652. The zero-order chi connectivity index (χ0) is 36.8. The van der Waals surface area contributed by atoms with Crippen LogP contribution in [0.3, 0.4) is 0 Å². The average molecular weight is 692 g/mol. The standard InChI is InChI=1S/C40H57N3O7/c1-6-7-8-9-10-11-12-13-19-41-20-18-38(49)43(5)39-30-15-17-35(46)32(25-30)31-23-29(14-16-34(31)45)24-33(36(47)21-26(2)28(4)44)42-40(50)27(3)22-37(39)48/h14-17,23,25-27,33,39,41,45-46H,6-13,18-22,24H2,1-5H3,(H,42,50)/t26-,27-,33+,39+/m1/s1. The van der Waals surface area contributed by atoms with E-state index in [-0.39, 0.29) is 71.6 Å². The number of amides is 2. The first kappa shape index (κ1) is 40.4. The number of nitrogens with one attached hydrogen (secondary N) is 2. The van der Waals surface area contributed by atoms with Crippen molar-refractivity contribution in [3.05, 3.63) is 47.5 Å². The minimum atomic E-state index is -1.06. The summed E-state index contributed by atoms with van der Waals surface area (Å²) in [4.78, 5) is 67.6. The van der Waals surface area contributed by atoms with Gasteiger partial charge in [-0.3, -0.25) is 24.0 Å². The molecule has 0 radical (unpaired) electrons. The summed E-state index contributed by atoms with van der Waals surface area (Å²) in [5.74, 6) is -3.22. The molecule has 2 amide bonds. The molecule has 10 nitrogen and oxygen atoms in total. The number of unbranched alkanes of at least 4 members (excludes halogenated alkanes) is 7. The number of aromatic hydroxyl groups is 2. The smallest absolute Gasteiger partial charge is 0.224 e. The Balaban J connectivity index is 1.84. The first-order valence-corrected chi connectivity index (χ1v) is 18.3. The SMILES string of the molecule is CCCCCCCCCCNCCC(=O)N(C)[C@@H]1C(=O)C[C@@H](C)C(=O)N[C@H](C(=O)C[C@@H](C)C(C)=O)Cc2ccc(O)c(c2)-c2cc1ccc2O. The fraction of sp³-hybridized carbons (Fsp3) is 0.575. The number of phenols is 2. The Morgan fingerprint density at radius 3 is 2.18 bits per heavy atom. The van der Waals surface area contributed by atoms with Crippen LogP contribution in [0.15, 0.2) is 36.4 Å². The molecule has 0 unspecified atom stereocenters. The number of nitrogens with zero attached hydrogens (tertiary/aromatic N) is 1. The summed E-state index contributed by atoms with van der Waals surface area (Å²) in [5, 5.41) is 27.9. The van der Waals surface area contributed by atoms with E-state index in [1.807, 2.05) is 0 Å². The lowest BCUT2D eigenvalue weighted by Crippen LogP contribution is -2.46. The van der Waals surface area contributed by atoms with Gasteiger partial charge in [0.2, 0.25) is 11.8 Å². The van der Waals surface area contributed by atoms with E-state index in [4.69, 9.17) is 0 Å². The summed E-state index contributed by atoms with van der Waals surface area (Å²) in [5.41, 5.74) is 1.58. The summed E-state index contributed by atoms with van der Waals surface area (Å²) in [6, 6.07) is 7.27. The number of hydrogen-bond donors (Lipinski definition) is 4. The van der Waals surface area contributed by atoms with Gasteiger partial charge in [0.15, 0.2) is 11.6 Å². The molecule has 3 rings (SSSR count). The van der Waals surface area contributed by atoms with E-state index in [2.05, 4.69) is 17.6 Å². The molecule has 0 fully saturated rings. The van der Waals surface area contributed by atoms with Crippen LogP contribution in [0.1, 0.15) is 115 Å². The van der Waals surface area contributed by atoms with Crippen molar-refractivity contribution < 1.29 is 34.2 Å². The van der Waals surface area contributed by atoms with Gasteiger partial charge >= 0.3 is 0 Å². The lowest BCUT2D eigenvalue weighted by atomic mass is 9.88. The molecular weight excluding hydrogens is 634 g/mol. The molecule has 4 bridgehead atoms. The van der Waals surface area contributed by atoms with Crippen molar-refractivity contribution in [2.24, 2.45) is 11.8 Å². The average Bonchev–Trinajstić information content (AvgIpc) is 3.07. The zero-order valence-electron chi connectivity index (χ0n) is 30.6. The van der Waals surface area contributed by atoms with Crippen molar-refractivity contribution in [2.45, 2.75) is 117 Å². The van der Waals surface area contributed by atoms with E-state index in [0.29, 0.717) is 17.7 Å². The molecule has 4 atom stereocenters. The minimum Gasteiger partial charge on any atom is -0.507 e. The van der Waals surface area contributed by atoms with Gasteiger partial charge in [-0.15, -0.1) is 0 Å². The van der Waals surface area contributed by atoms with Crippen molar-refractivity contribution in [3.63, 3.8) is 0 Å². The first-order chi connectivity index (χ1) is 23.8. The van der Waals surface area contributed by atoms with E-state index in [1.54, 1.807) is 45.2 Å². The first-order valence-electron chi connectivity index (χ1n) is 18.3. The highest BCUT2D eigenvalue weighted by molar-refractivity contribution is 5.96. The largest absolute Gasteiger partial charge is 0.507 e. The lowest BCUT2D eigenvalue weighted by Gasteiger charge is -2.30. The normalized spacial score (nSPS) is 18.5. The molecule has 0 aromatic heterocycles. The molecule has 0 saturated heterocycles. The lowest BCUT2D eigenvalue weighted by molar-refractivity contribution is -0.139. The molecule has 0 spiro atoms. The Hall–Kier alpha value is -4.05. The van der Waals surface area contributed by atoms with Crippen molar-refractivity contribution in [2.75, 3.05) is 20.1 Å². The molecule has 1 aliphatic rings. The Kier molecular flexibility index (Phi) is 16.1. The van der Waals surface area contributed by atoms with Crippen LogP contribution in [0.5, 0.6) is 11.5 Å². The van der Waals surface area contributed by atoms with E-state index in [0.717, 1.165) is 19.4 Å². The molecular formula is C40H57N3O7. The molecule has 2 aromatic rings. The molecule has 10 heteroatoms. The second-order valence-electron chi connectivity index (χ2n) is 14.0. The number of likely N-dealkylation sites (N-methyl/N-ethyl adjacent to an activating group) is 1. The maximum Gasteiger partial charge on any atom is 0.224 e. The fourth-order valence-electron chi connectivity index (χ4n) is 6.40. The second-order valence-corrected chi connectivity index (χ2v) is 14.0. The monoisotopic (exact) mass is 691 g/mol. The third-order valence-corrected chi connectivity index (χ3v) is 9.80. The van der Waals surface area contributed by atoms with Crippen LogP contribution >= 0.6 is 0 Å². The maximum atomic E-state index is 14.0. The highest BCUT2D eigenvalue weighted by atomic mass is 16.3. The number of fused-ring (bicyclic) bond motifs is 5. The summed E-state index contributed by atoms with van der Waals surface area (Å²) in [6.45, 7) is 8.16. The van der Waals surface area contributed by atoms with Crippen LogP contribution in [0.2, 0.25) is 0 Å². The van der Waals surface area contributed by atoms with Gasteiger partial charge in [0, 0.05) is 55.8 Å². The number of benzene rings is 2. The zero-order valence-corrected chi connectivity index (χ0v) is 30.6. The fourth-order valence-corrected chi connectivity index (χ4v) is 6.40. The van der Waals surface area contributed by atoms with Gasteiger partial charge in [0.05, 0.1) is 6.04 Å². The van der Waals surface area contributed by atoms with Crippen molar-refractivity contribution in [1.29, 1.82) is 0 Å². The predicted octanol–water partition coefficient (Wildman–Crippen LogP) is 6.21. The van der Waals surface area contributed by atoms with E-state index in [1.165, 1.54) is 62.5 Å². The van der Waals surface area contributed by atoms with E-state index >= 15 is 0 Å². The van der Waals surface area contributed by atoms with Crippen LogP contribution in [0.4, 0.5) is 0 Å². The number of rotatable bonds is 17. The van der Waals surface area contributed by atoms with Gasteiger partial charge in [-0.25, -0.2) is 0 Å². The Bertz CT molecular complexity index is 1490. The maximum absolute atomic E-state index is 14.0. The van der Waals surface area contributed by atoms with Crippen LogP contribution in [-0.4, -0.2) is 70.5 Å². The van der Waals surface area contributed by atoms with Gasteiger partial charge in [0.25, 0.3) is 0 Å². The number of Topliss-reactive ketones (excluding diaryl/α,β-unsaturated/α-hetero) is 3. The number of hydrogen-bond acceptors (Lipinski definition) is 8. The topological polar surface area (TPSA) is 153 Å². The van der Waals surface area contributed by atoms with Crippen LogP contribution in [0, 0.1) is 11.8 Å². The van der Waals surface area contributed by atoms with Gasteiger partial charge in [0.1, 0.15) is 23.3 Å². The molecule has 0 aliphatic carbocycles. The quantitative estimate of drug-likeness (QED) is 0.143. The van der Waals surface area contributed by atoms with Gasteiger partial charge < -0.3 is 25.7 Å². The molecule has 1 heterocycles. The summed E-state index contributed by atoms with van der Waals surface area (Å²) >= 11 is 0. The van der Waals surface area contributed by atoms with Crippen LogP contribution < -0.4 is 10.6 Å². The van der Waals surface area contributed by atoms with Gasteiger partial charge in [-0.05, 0) is 61.7 Å². The third-order valence-electron chi connectivity index (χ3n) is 9.80. The van der Waals surface area contributed by atoms with Gasteiger partial charge in [-0.2, -0.15) is 0 Å². The summed E-state index contributed by atoms with van der Waals surface area (Å²) in [7, 11) is 1.56. The third kappa shape index (κ3) is 11.8. The molecule has 4 N–H and O–H groups in total. The molecule has 50 heavy (non-hydrogen) atoms. The van der Waals surface area contributed by atoms with Crippen molar-refractivity contribution in [1.82, 2.24) is 15.5 Å². The highest BCUT2D eigenvalue weighted by Gasteiger charge is 2.33.